The summed E-state index contributed by atoms with van der Waals surface area (Å²) in [7, 11) is 0. The number of nitrogens with zero attached hydrogens (tertiary/aromatic N) is 1. The molecule has 2 aromatic carbocycles. The summed E-state index contributed by atoms with van der Waals surface area (Å²) in [5.41, 5.74) is -1.68. The smallest absolute Gasteiger partial charge is 0.336 e. The Kier molecular flexibility index (Phi) is 13.2. The van der Waals surface area contributed by atoms with Crippen LogP contribution in [0.1, 0.15) is 52.5 Å². The van der Waals surface area contributed by atoms with Crippen molar-refractivity contribution in [1.29, 1.82) is 0 Å². The first-order chi connectivity index (χ1) is 18.0. The third-order valence-electron chi connectivity index (χ3n) is 5.38. The number of rotatable bonds is 11. The second kappa shape index (κ2) is 15.6. The maximum absolute atomic E-state index is 10.3. The van der Waals surface area contributed by atoms with Crippen molar-refractivity contribution in [3.63, 3.8) is 0 Å². The van der Waals surface area contributed by atoms with Gasteiger partial charge < -0.3 is 29.9 Å². The zero-order valence-electron chi connectivity index (χ0n) is 22.1. The maximum Gasteiger partial charge on any atom is 0.336 e. The summed E-state index contributed by atoms with van der Waals surface area (Å²) in [4.78, 5) is 35.7. The Bertz CT molecular complexity index is 983. The molecule has 3 rings (SSSR count). The summed E-state index contributed by atoms with van der Waals surface area (Å²) >= 11 is 0. The van der Waals surface area contributed by atoms with Crippen LogP contribution in [-0.4, -0.2) is 68.7 Å². The number of aliphatic hydroxyl groups is 1. The Labute approximate surface area is 222 Å². The molecule has 1 aliphatic rings. The summed E-state index contributed by atoms with van der Waals surface area (Å²) in [6.07, 6.45) is -1.52. The van der Waals surface area contributed by atoms with E-state index in [1.165, 1.54) is 0 Å². The molecule has 0 aromatic heterocycles. The lowest BCUT2D eigenvalue weighted by Gasteiger charge is -2.26. The predicted molar refractivity (Wildman–Crippen MR) is 138 cm³/mol. The zero-order chi connectivity index (χ0) is 28.8. The van der Waals surface area contributed by atoms with Gasteiger partial charge in [0, 0.05) is 25.1 Å². The normalized spacial score (nSPS) is 13.0. The number of hydrogen-bond acceptors (Lipinski definition) is 8. The van der Waals surface area contributed by atoms with E-state index in [1.807, 2.05) is 66.6 Å². The third kappa shape index (κ3) is 9.66. The highest BCUT2D eigenvalue weighted by atomic mass is 16.7. The van der Waals surface area contributed by atoms with Crippen molar-refractivity contribution in [2.45, 2.75) is 58.3 Å². The van der Waals surface area contributed by atoms with E-state index in [9.17, 15) is 14.4 Å². The Hall–Kier alpha value is -3.67. The molecule has 0 saturated heterocycles. The predicted octanol–water partition coefficient (Wildman–Crippen LogP) is 3.75. The van der Waals surface area contributed by atoms with E-state index in [2.05, 4.69) is 20.8 Å². The van der Waals surface area contributed by atoms with Gasteiger partial charge in [-0.25, -0.2) is 4.79 Å². The van der Waals surface area contributed by atoms with E-state index < -0.39 is 42.1 Å². The molecular formula is C27H37NO10. The van der Waals surface area contributed by atoms with Gasteiger partial charge in [-0.3, -0.25) is 14.4 Å². The minimum absolute atomic E-state index is 0.662. The lowest BCUT2D eigenvalue weighted by atomic mass is 9.96. The average molecular weight is 536 g/mol. The van der Waals surface area contributed by atoms with Crippen molar-refractivity contribution in [3.8, 4) is 11.5 Å². The van der Waals surface area contributed by atoms with E-state index in [0.29, 0.717) is 0 Å². The van der Waals surface area contributed by atoms with Crippen LogP contribution < -0.4 is 9.47 Å². The minimum Gasteiger partial charge on any atom is -0.481 e. The van der Waals surface area contributed by atoms with E-state index in [1.54, 1.807) is 0 Å². The molecule has 1 aliphatic heterocycles. The Morgan fingerprint density at radius 3 is 1.58 bits per heavy atom. The quantitative estimate of drug-likeness (QED) is 0.310. The largest absolute Gasteiger partial charge is 0.481 e. The number of benzene rings is 2. The first kappa shape index (κ1) is 32.4. The lowest BCUT2D eigenvalue weighted by Crippen LogP contribution is -2.42. The highest BCUT2D eigenvalue weighted by Gasteiger charge is 2.42. The molecule has 1 heterocycles. The highest BCUT2D eigenvalue weighted by Crippen LogP contribution is 2.45. The Morgan fingerprint density at radius 1 is 0.816 bits per heavy atom. The van der Waals surface area contributed by atoms with Gasteiger partial charge in [0.1, 0.15) is 0 Å². The van der Waals surface area contributed by atoms with Crippen LogP contribution in [-0.2, 0) is 25.0 Å². The van der Waals surface area contributed by atoms with Gasteiger partial charge in [-0.2, -0.15) is 5.06 Å². The van der Waals surface area contributed by atoms with Crippen LogP contribution in [0.25, 0.3) is 0 Å². The van der Waals surface area contributed by atoms with Crippen LogP contribution in [0.4, 0.5) is 0 Å². The molecule has 0 radical (unpaired) electrons. The van der Waals surface area contributed by atoms with Gasteiger partial charge in [0.25, 0.3) is 5.79 Å². The molecule has 38 heavy (non-hydrogen) atoms. The van der Waals surface area contributed by atoms with Gasteiger partial charge >= 0.3 is 17.9 Å². The van der Waals surface area contributed by atoms with Crippen molar-refractivity contribution >= 4 is 17.9 Å². The number of carboxylic acid groups (broad SMARTS) is 3. The fourth-order valence-corrected chi connectivity index (χ4v) is 3.46. The van der Waals surface area contributed by atoms with Crippen LogP contribution in [0.2, 0.25) is 0 Å². The first-order valence-electron chi connectivity index (χ1n) is 12.3. The lowest BCUT2D eigenvalue weighted by molar-refractivity contribution is -0.170. The van der Waals surface area contributed by atoms with Crippen LogP contribution >= 0.6 is 0 Å². The fourth-order valence-electron chi connectivity index (χ4n) is 3.46. The van der Waals surface area contributed by atoms with E-state index in [4.69, 9.17) is 34.7 Å². The van der Waals surface area contributed by atoms with Crippen LogP contribution in [0, 0.1) is 0 Å². The molecule has 0 atom stereocenters. The SMILES string of the molecule is CCC1(c2ccccc2)Oc2ccccc2O1.CCON(CC)CC.O=C(O)CC(O)(CC(=O)O)C(=O)O. The van der Waals surface area contributed by atoms with Gasteiger partial charge in [0.2, 0.25) is 0 Å². The molecule has 0 fully saturated rings. The average Bonchev–Trinajstić information content (AvgIpc) is 3.28. The van der Waals surface area contributed by atoms with Crippen LogP contribution in [0.5, 0.6) is 11.5 Å². The number of hydrogen-bond donors (Lipinski definition) is 4. The van der Waals surface area contributed by atoms with Gasteiger partial charge in [-0.15, -0.1) is 0 Å². The number of para-hydroxylation sites is 2. The van der Waals surface area contributed by atoms with Gasteiger partial charge in [0.15, 0.2) is 17.1 Å². The molecule has 0 bridgehead atoms. The molecule has 11 heteroatoms. The van der Waals surface area contributed by atoms with Crippen LogP contribution in [0.15, 0.2) is 54.6 Å². The Balaban J connectivity index is 0.000000307. The molecule has 2 aromatic rings. The first-order valence-corrected chi connectivity index (χ1v) is 12.3. The number of carboxylic acids is 3. The fraction of sp³-hybridized carbons (Fsp3) is 0.444. The maximum atomic E-state index is 10.3. The van der Waals surface area contributed by atoms with Crippen molar-refractivity contribution in [2.75, 3.05) is 19.7 Å². The topological polar surface area (TPSA) is 163 Å². The Morgan fingerprint density at radius 2 is 1.26 bits per heavy atom. The summed E-state index contributed by atoms with van der Waals surface area (Å²) in [6.45, 7) is 11.0. The molecule has 11 nitrogen and oxygen atoms in total. The van der Waals surface area contributed by atoms with E-state index in [-0.39, 0.29) is 0 Å². The molecule has 0 saturated carbocycles. The van der Waals surface area contributed by atoms with E-state index in [0.717, 1.165) is 43.2 Å². The molecule has 4 N–H and O–H groups in total. The van der Waals surface area contributed by atoms with Crippen LogP contribution in [0.3, 0.4) is 0 Å². The molecular weight excluding hydrogens is 498 g/mol. The summed E-state index contributed by atoms with van der Waals surface area (Å²) in [5.74, 6) is -4.05. The monoisotopic (exact) mass is 535 g/mol. The summed E-state index contributed by atoms with van der Waals surface area (Å²) in [6, 6.07) is 17.9. The second-order valence-electron chi connectivity index (χ2n) is 8.13. The van der Waals surface area contributed by atoms with Crippen molar-refractivity contribution in [2.24, 2.45) is 0 Å². The second-order valence-corrected chi connectivity index (χ2v) is 8.13. The summed E-state index contributed by atoms with van der Waals surface area (Å²) < 4.78 is 12.0. The van der Waals surface area contributed by atoms with Gasteiger partial charge in [-0.1, -0.05) is 63.2 Å². The summed E-state index contributed by atoms with van der Waals surface area (Å²) in [5, 5.41) is 35.7. The number of hydroxylamine groups is 2. The highest BCUT2D eigenvalue weighted by molar-refractivity contribution is 5.88. The van der Waals surface area contributed by atoms with Crippen molar-refractivity contribution < 1.29 is 49.1 Å². The zero-order valence-corrected chi connectivity index (χ0v) is 22.1. The van der Waals surface area contributed by atoms with Gasteiger partial charge in [0.05, 0.1) is 19.4 Å². The van der Waals surface area contributed by atoms with Crippen molar-refractivity contribution in [1.82, 2.24) is 5.06 Å². The van der Waals surface area contributed by atoms with Crippen molar-refractivity contribution in [3.05, 3.63) is 60.2 Å². The minimum atomic E-state index is -2.74. The molecule has 0 spiro atoms. The standard InChI is InChI=1S/C15H14O2.C6H15NO.C6H8O7/c1-2-15(12-8-4-3-5-9-12)16-13-10-6-7-11-14(13)17-15;1-4-7(5-2)8-6-3;7-3(8)1-6(13,5(11)12)2-4(9)10/h3-11H,2H2,1H3;4-6H2,1-3H3;13H,1-2H2,(H,7,8)(H,9,10)(H,11,12). The van der Waals surface area contributed by atoms with Gasteiger partial charge in [-0.05, 0) is 19.1 Å². The number of aliphatic carboxylic acids is 3. The molecule has 0 aliphatic carbocycles. The third-order valence-corrected chi connectivity index (χ3v) is 5.38. The molecule has 210 valence electrons. The molecule has 0 unspecified atom stereocenters. The number of fused-ring (bicyclic) bond motifs is 1. The number of carbonyl (C=O) groups is 3. The van der Waals surface area contributed by atoms with E-state index >= 15 is 0 Å². The number of ether oxygens (including phenoxy) is 2. The molecule has 0 amide bonds.